The van der Waals surface area contributed by atoms with Gasteiger partial charge in [0.25, 0.3) is 0 Å². The fourth-order valence-electron chi connectivity index (χ4n) is 2.65. The average Bonchev–Trinajstić information content (AvgIpc) is 3.32. The van der Waals surface area contributed by atoms with Crippen molar-refractivity contribution < 1.29 is 14.3 Å². The van der Waals surface area contributed by atoms with E-state index in [0.717, 1.165) is 45.1 Å². The molecule has 0 atom stereocenters. The third kappa shape index (κ3) is 2.84. The Kier molecular flexibility index (Phi) is 3.72. The normalized spacial score (nSPS) is 19.7. The summed E-state index contributed by atoms with van der Waals surface area (Å²) in [6.45, 7) is 1.53. The molecule has 2 aliphatic rings. The number of carbonyl (C=O) groups excluding carboxylic acids is 2. The standard InChI is InChI=1S/C16H19NO3/c18-11-13-3-1-2-4-15(13)20-14-7-9-17(10-8-14)16(19)12-5-6-12/h1-4,11-12,14H,5-10H2. The van der Waals surface area contributed by atoms with Crippen LogP contribution in [0.15, 0.2) is 24.3 Å². The third-order valence-electron chi connectivity index (χ3n) is 4.02. The predicted octanol–water partition coefficient (Wildman–Crippen LogP) is 2.28. The second kappa shape index (κ2) is 5.65. The SMILES string of the molecule is O=Cc1ccccc1OC1CCN(C(=O)C2CC2)CC1. The van der Waals surface area contributed by atoms with Gasteiger partial charge in [0.1, 0.15) is 11.9 Å². The van der Waals surface area contributed by atoms with E-state index in [-0.39, 0.29) is 6.10 Å². The Bertz CT molecular complexity index is 502. The monoisotopic (exact) mass is 273 g/mol. The molecule has 1 aliphatic carbocycles. The van der Waals surface area contributed by atoms with Crippen LogP contribution < -0.4 is 4.74 Å². The molecule has 1 saturated carbocycles. The summed E-state index contributed by atoms with van der Waals surface area (Å²) in [4.78, 5) is 24.9. The van der Waals surface area contributed by atoms with Crippen molar-refractivity contribution in [2.45, 2.75) is 31.8 Å². The van der Waals surface area contributed by atoms with Gasteiger partial charge in [0, 0.05) is 31.8 Å². The molecule has 4 nitrogen and oxygen atoms in total. The van der Waals surface area contributed by atoms with E-state index in [1.165, 1.54) is 0 Å². The number of aldehydes is 1. The van der Waals surface area contributed by atoms with Gasteiger partial charge in [-0.15, -0.1) is 0 Å². The van der Waals surface area contributed by atoms with Crippen molar-refractivity contribution in [3.05, 3.63) is 29.8 Å². The summed E-state index contributed by atoms with van der Waals surface area (Å²) in [6.07, 6.45) is 4.71. The Morgan fingerprint density at radius 1 is 1.15 bits per heavy atom. The van der Waals surface area contributed by atoms with Crippen LogP contribution in [0.2, 0.25) is 0 Å². The number of piperidine rings is 1. The number of ether oxygens (including phenoxy) is 1. The van der Waals surface area contributed by atoms with Crippen LogP contribution in [0, 0.1) is 5.92 Å². The maximum atomic E-state index is 12.0. The maximum Gasteiger partial charge on any atom is 0.225 e. The highest BCUT2D eigenvalue weighted by molar-refractivity contribution is 5.81. The van der Waals surface area contributed by atoms with Gasteiger partial charge >= 0.3 is 0 Å². The lowest BCUT2D eigenvalue weighted by Crippen LogP contribution is -2.42. The fourth-order valence-corrected chi connectivity index (χ4v) is 2.65. The van der Waals surface area contributed by atoms with Crippen molar-refractivity contribution in [3.63, 3.8) is 0 Å². The lowest BCUT2D eigenvalue weighted by Gasteiger charge is -2.32. The van der Waals surface area contributed by atoms with Gasteiger partial charge in [-0.1, -0.05) is 12.1 Å². The van der Waals surface area contributed by atoms with E-state index in [9.17, 15) is 9.59 Å². The molecule has 1 saturated heterocycles. The fraction of sp³-hybridized carbons (Fsp3) is 0.500. The first-order chi connectivity index (χ1) is 9.78. The molecule has 0 aromatic heterocycles. The van der Waals surface area contributed by atoms with Crippen molar-refractivity contribution in [2.24, 2.45) is 5.92 Å². The van der Waals surface area contributed by atoms with Gasteiger partial charge < -0.3 is 9.64 Å². The summed E-state index contributed by atoms with van der Waals surface area (Å²) < 4.78 is 5.91. The molecular weight excluding hydrogens is 254 g/mol. The molecule has 0 unspecified atom stereocenters. The summed E-state index contributed by atoms with van der Waals surface area (Å²) in [5.74, 6) is 1.26. The molecule has 1 aromatic carbocycles. The van der Waals surface area contributed by atoms with E-state index in [0.29, 0.717) is 23.1 Å². The zero-order valence-electron chi connectivity index (χ0n) is 11.5. The number of hydrogen-bond acceptors (Lipinski definition) is 3. The summed E-state index contributed by atoms with van der Waals surface area (Å²) in [5.41, 5.74) is 0.587. The Balaban J connectivity index is 1.55. The molecule has 0 bridgehead atoms. The molecule has 4 heteroatoms. The molecule has 0 spiro atoms. The van der Waals surface area contributed by atoms with Crippen molar-refractivity contribution in [1.82, 2.24) is 4.90 Å². The Hall–Kier alpha value is -1.84. The number of hydrogen-bond donors (Lipinski definition) is 0. The second-order valence-corrected chi connectivity index (χ2v) is 5.57. The largest absolute Gasteiger partial charge is 0.490 e. The van der Waals surface area contributed by atoms with Crippen LogP contribution in [0.25, 0.3) is 0 Å². The molecule has 1 aromatic rings. The molecule has 0 N–H and O–H groups in total. The summed E-state index contributed by atoms with van der Waals surface area (Å²) in [5, 5.41) is 0. The van der Waals surface area contributed by atoms with Crippen molar-refractivity contribution >= 4 is 12.2 Å². The minimum Gasteiger partial charge on any atom is -0.490 e. The minimum atomic E-state index is 0.0966. The van der Waals surface area contributed by atoms with E-state index < -0.39 is 0 Å². The predicted molar refractivity (Wildman–Crippen MR) is 74.8 cm³/mol. The van der Waals surface area contributed by atoms with Gasteiger partial charge in [-0.25, -0.2) is 0 Å². The van der Waals surface area contributed by atoms with Crippen molar-refractivity contribution in [3.8, 4) is 5.75 Å². The first kappa shape index (κ1) is 13.2. The Morgan fingerprint density at radius 3 is 2.50 bits per heavy atom. The topological polar surface area (TPSA) is 46.6 Å². The molecular formula is C16H19NO3. The highest BCUT2D eigenvalue weighted by Crippen LogP contribution is 2.32. The van der Waals surface area contributed by atoms with Gasteiger partial charge in [-0.05, 0) is 25.0 Å². The number of rotatable bonds is 4. The van der Waals surface area contributed by atoms with E-state index in [2.05, 4.69) is 0 Å². The molecule has 20 heavy (non-hydrogen) atoms. The van der Waals surface area contributed by atoms with Crippen LogP contribution in [0.3, 0.4) is 0 Å². The molecule has 1 aliphatic heterocycles. The number of para-hydroxylation sites is 1. The molecule has 1 amide bonds. The van der Waals surface area contributed by atoms with Gasteiger partial charge in [0.15, 0.2) is 6.29 Å². The lowest BCUT2D eigenvalue weighted by molar-refractivity contribution is -0.134. The number of amides is 1. The van der Waals surface area contributed by atoms with Crippen LogP contribution in [-0.2, 0) is 4.79 Å². The van der Waals surface area contributed by atoms with Gasteiger partial charge in [0.2, 0.25) is 5.91 Å². The highest BCUT2D eigenvalue weighted by atomic mass is 16.5. The Morgan fingerprint density at radius 2 is 1.85 bits per heavy atom. The third-order valence-corrected chi connectivity index (χ3v) is 4.02. The minimum absolute atomic E-state index is 0.0966. The molecule has 106 valence electrons. The highest BCUT2D eigenvalue weighted by Gasteiger charge is 2.35. The first-order valence-corrected chi connectivity index (χ1v) is 7.27. The number of likely N-dealkylation sites (tertiary alicyclic amines) is 1. The molecule has 2 fully saturated rings. The van der Waals surface area contributed by atoms with Crippen LogP contribution in [0.4, 0.5) is 0 Å². The van der Waals surface area contributed by atoms with Gasteiger partial charge in [-0.2, -0.15) is 0 Å². The second-order valence-electron chi connectivity index (χ2n) is 5.57. The molecule has 0 radical (unpaired) electrons. The average molecular weight is 273 g/mol. The number of benzene rings is 1. The van der Waals surface area contributed by atoms with E-state index in [4.69, 9.17) is 4.74 Å². The summed E-state index contributed by atoms with van der Waals surface area (Å²) in [6, 6.07) is 7.28. The number of carbonyl (C=O) groups is 2. The smallest absolute Gasteiger partial charge is 0.225 e. The van der Waals surface area contributed by atoms with Crippen molar-refractivity contribution in [1.29, 1.82) is 0 Å². The van der Waals surface area contributed by atoms with Gasteiger partial charge in [-0.3, -0.25) is 9.59 Å². The van der Waals surface area contributed by atoms with E-state index in [1.807, 2.05) is 23.1 Å². The molecule has 1 heterocycles. The van der Waals surface area contributed by atoms with Crippen LogP contribution in [0.1, 0.15) is 36.0 Å². The van der Waals surface area contributed by atoms with Crippen LogP contribution >= 0.6 is 0 Å². The number of nitrogens with zero attached hydrogens (tertiary/aromatic N) is 1. The zero-order chi connectivity index (χ0) is 13.9. The quantitative estimate of drug-likeness (QED) is 0.791. The Labute approximate surface area is 118 Å². The lowest BCUT2D eigenvalue weighted by atomic mass is 10.1. The van der Waals surface area contributed by atoms with Crippen molar-refractivity contribution in [2.75, 3.05) is 13.1 Å². The first-order valence-electron chi connectivity index (χ1n) is 7.27. The van der Waals surface area contributed by atoms with E-state index in [1.54, 1.807) is 6.07 Å². The van der Waals surface area contributed by atoms with Crippen LogP contribution in [0.5, 0.6) is 5.75 Å². The molecule has 3 rings (SSSR count). The van der Waals surface area contributed by atoms with E-state index >= 15 is 0 Å². The van der Waals surface area contributed by atoms with Gasteiger partial charge in [0.05, 0.1) is 5.56 Å². The maximum absolute atomic E-state index is 12.0. The summed E-state index contributed by atoms with van der Waals surface area (Å²) >= 11 is 0. The summed E-state index contributed by atoms with van der Waals surface area (Å²) in [7, 11) is 0. The van der Waals surface area contributed by atoms with Crippen LogP contribution in [-0.4, -0.2) is 36.3 Å². The zero-order valence-corrected chi connectivity index (χ0v) is 11.5.